The first-order valence-electron chi connectivity index (χ1n) is 10.8. The van der Waals surface area contributed by atoms with Gasteiger partial charge in [-0.3, -0.25) is 24.8 Å². The largest absolute Gasteiger partial charge is 0.493 e. The van der Waals surface area contributed by atoms with Gasteiger partial charge in [0.2, 0.25) is 0 Å². The molecular weight excluding hydrogens is 408 g/mol. The van der Waals surface area contributed by atoms with Gasteiger partial charge in [-0.25, -0.2) is 0 Å². The van der Waals surface area contributed by atoms with Crippen LogP contribution in [0, 0.1) is 15.5 Å². The lowest BCUT2D eigenvalue weighted by atomic mass is 9.74. The van der Waals surface area contributed by atoms with Gasteiger partial charge in [0, 0.05) is 42.9 Å². The van der Waals surface area contributed by atoms with Gasteiger partial charge < -0.3 is 4.74 Å². The highest BCUT2D eigenvalue weighted by Crippen LogP contribution is 2.39. The molecule has 0 spiro atoms. The maximum absolute atomic E-state index is 11.4. The summed E-state index contributed by atoms with van der Waals surface area (Å²) in [4.78, 5) is 18.3. The molecule has 9 heteroatoms. The molecule has 0 atom stereocenters. The Morgan fingerprint density at radius 3 is 2.44 bits per heavy atom. The molecule has 0 unspecified atom stereocenters. The Hall–Kier alpha value is -3.14. The van der Waals surface area contributed by atoms with E-state index in [1.807, 2.05) is 37.3 Å². The quantitative estimate of drug-likeness (QED) is 0.378. The highest BCUT2D eigenvalue weighted by Gasteiger charge is 2.52. The summed E-state index contributed by atoms with van der Waals surface area (Å²) in [6.45, 7) is 7.96. The van der Waals surface area contributed by atoms with Crippen molar-refractivity contribution in [3.63, 3.8) is 0 Å². The van der Waals surface area contributed by atoms with E-state index in [0.29, 0.717) is 6.61 Å². The van der Waals surface area contributed by atoms with Gasteiger partial charge >= 0.3 is 0 Å². The van der Waals surface area contributed by atoms with Crippen LogP contribution in [0.3, 0.4) is 0 Å². The molecule has 4 fully saturated rings. The monoisotopic (exact) mass is 434 g/mol. The Morgan fingerprint density at radius 1 is 1.09 bits per heavy atom. The Kier molecular flexibility index (Phi) is 5.46. The highest BCUT2D eigenvalue weighted by atomic mass is 16.6. The van der Waals surface area contributed by atoms with Gasteiger partial charge in [-0.2, -0.15) is 10.2 Å². The molecule has 2 aromatic carbocycles. The van der Waals surface area contributed by atoms with Crippen molar-refractivity contribution in [2.75, 3.05) is 46.2 Å². The van der Waals surface area contributed by atoms with Crippen LogP contribution in [-0.4, -0.2) is 77.8 Å². The second kappa shape index (κ2) is 8.42. The molecular formula is C23H26N6O3. The van der Waals surface area contributed by atoms with Crippen LogP contribution >= 0.6 is 0 Å². The van der Waals surface area contributed by atoms with Gasteiger partial charge in [-0.05, 0) is 19.1 Å². The first kappa shape index (κ1) is 20.7. The molecule has 4 aliphatic heterocycles. The third-order valence-electron chi connectivity index (χ3n) is 6.18. The van der Waals surface area contributed by atoms with E-state index in [-0.39, 0.29) is 16.0 Å². The topological polar surface area (TPSA) is 86.8 Å². The molecule has 9 nitrogen and oxygen atoms in total. The average molecular weight is 435 g/mol. The second-order valence-corrected chi connectivity index (χ2v) is 8.66. The normalized spacial score (nSPS) is 28.9. The SMILES string of the molecule is CCOc1ccccc1C=NN=C(c1cccc([N+](=O)[O-])c1)C12CN3CN(CN(C3)C1)C2. The predicted octanol–water partition coefficient (Wildman–Crippen LogP) is 2.62. The Balaban J connectivity index is 1.55. The molecule has 166 valence electrons. The van der Waals surface area contributed by atoms with Crippen LogP contribution in [0.15, 0.2) is 58.7 Å². The third-order valence-corrected chi connectivity index (χ3v) is 6.18. The van der Waals surface area contributed by atoms with Gasteiger partial charge in [0.1, 0.15) is 5.75 Å². The Labute approximate surface area is 186 Å². The zero-order valence-corrected chi connectivity index (χ0v) is 18.1. The molecule has 4 aliphatic rings. The average Bonchev–Trinajstić information content (AvgIpc) is 2.77. The molecule has 0 amide bonds. The summed E-state index contributed by atoms with van der Waals surface area (Å²) in [5.41, 5.74) is 2.20. The van der Waals surface area contributed by atoms with Crippen LogP contribution in [0.5, 0.6) is 5.75 Å². The van der Waals surface area contributed by atoms with Gasteiger partial charge in [0.25, 0.3) is 5.69 Å². The van der Waals surface area contributed by atoms with Crippen LogP contribution in [0.1, 0.15) is 18.1 Å². The zero-order chi connectivity index (χ0) is 22.1. The molecule has 4 saturated heterocycles. The molecule has 2 aromatic rings. The van der Waals surface area contributed by atoms with E-state index in [0.717, 1.165) is 62.2 Å². The Morgan fingerprint density at radius 2 is 1.78 bits per heavy atom. The molecule has 0 saturated carbocycles. The van der Waals surface area contributed by atoms with Gasteiger partial charge in [0.15, 0.2) is 0 Å². The minimum Gasteiger partial charge on any atom is -0.493 e. The fourth-order valence-corrected chi connectivity index (χ4v) is 5.20. The smallest absolute Gasteiger partial charge is 0.270 e. The number of nitro benzene ring substituents is 1. The van der Waals surface area contributed by atoms with Crippen LogP contribution in [0.4, 0.5) is 5.69 Å². The lowest BCUT2D eigenvalue weighted by Crippen LogP contribution is -2.74. The molecule has 0 radical (unpaired) electrons. The molecule has 4 bridgehead atoms. The van der Waals surface area contributed by atoms with Crippen molar-refractivity contribution in [3.8, 4) is 5.75 Å². The first-order chi connectivity index (χ1) is 15.6. The van der Waals surface area contributed by atoms with E-state index < -0.39 is 0 Å². The maximum atomic E-state index is 11.4. The van der Waals surface area contributed by atoms with Crippen molar-refractivity contribution in [2.24, 2.45) is 15.6 Å². The van der Waals surface area contributed by atoms with Crippen molar-refractivity contribution in [2.45, 2.75) is 6.92 Å². The lowest BCUT2D eigenvalue weighted by molar-refractivity contribution is -0.384. The number of ether oxygens (including phenoxy) is 1. The van der Waals surface area contributed by atoms with E-state index in [9.17, 15) is 10.1 Å². The highest BCUT2D eigenvalue weighted by molar-refractivity contribution is 6.06. The zero-order valence-electron chi connectivity index (χ0n) is 18.1. The summed E-state index contributed by atoms with van der Waals surface area (Å²) >= 11 is 0. The van der Waals surface area contributed by atoms with E-state index in [2.05, 4.69) is 19.8 Å². The van der Waals surface area contributed by atoms with E-state index in [1.165, 1.54) is 6.07 Å². The first-order valence-corrected chi connectivity index (χ1v) is 10.8. The fourth-order valence-electron chi connectivity index (χ4n) is 5.20. The van der Waals surface area contributed by atoms with Crippen molar-refractivity contribution in [3.05, 3.63) is 69.8 Å². The Bertz CT molecular complexity index is 1050. The second-order valence-electron chi connectivity index (χ2n) is 8.66. The lowest BCUT2D eigenvalue weighted by Gasteiger charge is -2.60. The van der Waals surface area contributed by atoms with Gasteiger partial charge in [0.05, 0.1) is 48.9 Å². The number of para-hydroxylation sites is 1. The van der Waals surface area contributed by atoms with E-state index in [1.54, 1.807) is 18.3 Å². The maximum Gasteiger partial charge on any atom is 0.270 e. The summed E-state index contributed by atoms with van der Waals surface area (Å²) in [5.74, 6) is 0.754. The van der Waals surface area contributed by atoms with E-state index >= 15 is 0 Å². The number of hydrogen-bond acceptors (Lipinski definition) is 8. The predicted molar refractivity (Wildman–Crippen MR) is 122 cm³/mol. The van der Waals surface area contributed by atoms with Crippen molar-refractivity contribution in [1.29, 1.82) is 0 Å². The number of benzene rings is 2. The fraction of sp³-hybridized carbons (Fsp3) is 0.391. The molecule has 4 heterocycles. The number of non-ortho nitro benzene ring substituents is 1. The van der Waals surface area contributed by atoms with Crippen LogP contribution in [0.25, 0.3) is 0 Å². The summed E-state index contributed by atoms with van der Waals surface area (Å²) in [6, 6.07) is 14.4. The van der Waals surface area contributed by atoms with Crippen molar-refractivity contribution < 1.29 is 9.66 Å². The number of hydrogen-bond donors (Lipinski definition) is 0. The molecule has 0 N–H and O–H groups in total. The van der Waals surface area contributed by atoms with Crippen molar-refractivity contribution >= 4 is 17.6 Å². The summed E-state index contributed by atoms with van der Waals surface area (Å²) in [6.07, 6.45) is 1.70. The number of rotatable bonds is 7. The van der Waals surface area contributed by atoms with Gasteiger partial charge in [-0.1, -0.05) is 24.3 Å². The molecule has 6 rings (SSSR count). The third kappa shape index (κ3) is 3.90. The summed E-state index contributed by atoms with van der Waals surface area (Å²) in [5, 5.41) is 20.6. The minimum absolute atomic E-state index is 0.0616. The molecule has 0 aliphatic carbocycles. The number of nitrogens with zero attached hydrogens (tertiary/aromatic N) is 6. The summed E-state index contributed by atoms with van der Waals surface area (Å²) < 4.78 is 5.69. The van der Waals surface area contributed by atoms with Crippen LogP contribution < -0.4 is 4.74 Å². The number of nitro groups is 1. The molecule has 32 heavy (non-hydrogen) atoms. The van der Waals surface area contributed by atoms with E-state index in [4.69, 9.17) is 9.84 Å². The summed E-state index contributed by atoms with van der Waals surface area (Å²) in [7, 11) is 0. The van der Waals surface area contributed by atoms with Gasteiger partial charge in [-0.15, -0.1) is 0 Å². The van der Waals surface area contributed by atoms with Crippen LogP contribution in [0.2, 0.25) is 0 Å². The van der Waals surface area contributed by atoms with Crippen molar-refractivity contribution in [1.82, 2.24) is 14.7 Å². The van der Waals surface area contributed by atoms with Crippen LogP contribution in [-0.2, 0) is 0 Å². The minimum atomic E-state index is -0.362. The molecule has 0 aromatic heterocycles. The standard InChI is InChI=1S/C23H26N6O3/c1-2-32-21-9-4-3-6-19(21)11-24-25-22(18-7-5-8-20(10-18)29(30)31)23-12-26-15-27(13-23)17-28(14-23)16-26/h3-11H,2,12-17H2,1H3.